The zero-order valence-electron chi connectivity index (χ0n) is 15.6. The number of nitrogens with zero attached hydrogens (tertiary/aromatic N) is 2. The van der Waals surface area contributed by atoms with Gasteiger partial charge in [0, 0.05) is 36.2 Å². The number of carbonyl (C=O) groups excluding carboxylic acids is 2. The number of nitrogens with two attached hydrogens (primary N) is 1. The summed E-state index contributed by atoms with van der Waals surface area (Å²) in [5.41, 5.74) is 6.91. The number of hydrogen-bond donors (Lipinski definition) is 1. The number of piperidine rings is 1. The van der Waals surface area contributed by atoms with Gasteiger partial charge in [-0.1, -0.05) is 12.1 Å². The van der Waals surface area contributed by atoms with E-state index >= 15 is 0 Å². The number of hydrogen-bond acceptors (Lipinski definition) is 4. The number of likely N-dealkylation sites (tertiary alicyclic amines) is 2. The molecule has 2 aromatic rings. The summed E-state index contributed by atoms with van der Waals surface area (Å²) in [5.74, 6) is 0.108. The van der Waals surface area contributed by atoms with Crippen LogP contribution in [0.25, 0.3) is 11.3 Å². The van der Waals surface area contributed by atoms with E-state index in [2.05, 4.69) is 11.9 Å². The Morgan fingerprint density at radius 1 is 1.11 bits per heavy atom. The topological polar surface area (TPSA) is 79.8 Å². The monoisotopic (exact) mass is 367 g/mol. The van der Waals surface area contributed by atoms with Crippen molar-refractivity contribution in [3.63, 3.8) is 0 Å². The van der Waals surface area contributed by atoms with Crippen molar-refractivity contribution in [3.05, 3.63) is 47.7 Å². The van der Waals surface area contributed by atoms with E-state index in [0.717, 1.165) is 44.6 Å². The Kier molecular flexibility index (Phi) is 4.52. The van der Waals surface area contributed by atoms with Crippen LogP contribution in [-0.4, -0.2) is 54.8 Å². The first-order chi connectivity index (χ1) is 13.0. The largest absolute Gasteiger partial charge is 0.451 e. The molecule has 2 saturated heterocycles. The van der Waals surface area contributed by atoms with Crippen molar-refractivity contribution in [1.29, 1.82) is 0 Å². The van der Waals surface area contributed by atoms with Gasteiger partial charge in [-0.15, -0.1) is 0 Å². The summed E-state index contributed by atoms with van der Waals surface area (Å²) < 4.78 is 5.49. The van der Waals surface area contributed by atoms with E-state index in [1.807, 2.05) is 29.2 Å². The maximum atomic E-state index is 13.1. The maximum absolute atomic E-state index is 13.1. The predicted octanol–water partition coefficient (Wildman–Crippen LogP) is 2.60. The van der Waals surface area contributed by atoms with Crippen molar-refractivity contribution in [1.82, 2.24) is 9.80 Å². The molecule has 27 heavy (non-hydrogen) atoms. The number of carbonyl (C=O) groups is 2. The minimum absolute atomic E-state index is 0.0622. The number of primary amides is 1. The third kappa shape index (κ3) is 3.49. The lowest BCUT2D eigenvalue weighted by Crippen LogP contribution is -2.47. The van der Waals surface area contributed by atoms with Crippen LogP contribution < -0.4 is 5.73 Å². The highest BCUT2D eigenvalue weighted by molar-refractivity contribution is 5.95. The van der Waals surface area contributed by atoms with Gasteiger partial charge in [0.1, 0.15) is 5.76 Å². The summed E-state index contributed by atoms with van der Waals surface area (Å²) in [5, 5.41) is 0. The normalized spacial score (nSPS) is 23.1. The molecule has 2 fully saturated rings. The second-order valence-electron chi connectivity index (χ2n) is 7.93. The van der Waals surface area contributed by atoms with Crippen molar-refractivity contribution in [2.24, 2.45) is 11.1 Å². The summed E-state index contributed by atoms with van der Waals surface area (Å²) in [4.78, 5) is 28.7. The Labute approximate surface area is 158 Å². The van der Waals surface area contributed by atoms with Crippen molar-refractivity contribution in [2.75, 3.05) is 33.2 Å². The van der Waals surface area contributed by atoms with E-state index in [-0.39, 0.29) is 17.1 Å². The summed E-state index contributed by atoms with van der Waals surface area (Å²) in [7, 11) is 2.16. The smallest absolute Gasteiger partial charge is 0.284 e. The van der Waals surface area contributed by atoms with Crippen LogP contribution in [0.1, 0.15) is 40.2 Å². The molecular formula is C21H25N3O3. The second-order valence-corrected chi connectivity index (χ2v) is 7.93. The van der Waals surface area contributed by atoms with E-state index in [0.29, 0.717) is 11.3 Å². The zero-order chi connectivity index (χ0) is 19.0. The lowest BCUT2D eigenvalue weighted by molar-refractivity contribution is 0.0534. The summed E-state index contributed by atoms with van der Waals surface area (Å²) in [6, 6.07) is 10.6. The molecule has 0 saturated carbocycles. The van der Waals surface area contributed by atoms with Gasteiger partial charge in [0.15, 0.2) is 5.76 Å². The number of benzene rings is 1. The minimum Gasteiger partial charge on any atom is -0.451 e. The van der Waals surface area contributed by atoms with Crippen molar-refractivity contribution < 1.29 is 14.0 Å². The van der Waals surface area contributed by atoms with Gasteiger partial charge in [-0.05, 0) is 57.1 Å². The highest BCUT2D eigenvalue weighted by atomic mass is 16.3. The van der Waals surface area contributed by atoms with Crippen LogP contribution in [0.4, 0.5) is 0 Å². The lowest BCUT2D eigenvalue weighted by atomic mass is 9.79. The Hall–Kier alpha value is -2.60. The van der Waals surface area contributed by atoms with Gasteiger partial charge in [0.25, 0.3) is 11.8 Å². The molecular weight excluding hydrogens is 342 g/mol. The van der Waals surface area contributed by atoms with Crippen LogP contribution in [0.3, 0.4) is 0 Å². The van der Waals surface area contributed by atoms with Crippen LogP contribution in [0.2, 0.25) is 0 Å². The summed E-state index contributed by atoms with van der Waals surface area (Å²) in [6.07, 6.45) is 3.42. The molecule has 2 aliphatic rings. The van der Waals surface area contributed by atoms with Crippen molar-refractivity contribution in [2.45, 2.75) is 19.3 Å². The molecule has 2 aliphatic heterocycles. The first kappa shape index (κ1) is 17.8. The molecule has 4 rings (SSSR count). The Balaban J connectivity index is 1.54. The van der Waals surface area contributed by atoms with Crippen LogP contribution in [-0.2, 0) is 0 Å². The van der Waals surface area contributed by atoms with Crippen LogP contribution in [0.5, 0.6) is 0 Å². The molecule has 1 unspecified atom stereocenters. The Bertz CT molecular complexity index is 871. The molecule has 0 radical (unpaired) electrons. The molecule has 1 atom stereocenters. The molecule has 3 heterocycles. The molecule has 1 spiro atoms. The average molecular weight is 367 g/mol. The lowest BCUT2D eigenvalue weighted by Gasteiger charge is -2.40. The number of rotatable bonds is 3. The van der Waals surface area contributed by atoms with Crippen LogP contribution >= 0.6 is 0 Å². The molecule has 6 heteroatoms. The molecule has 2 amide bonds. The fourth-order valence-electron chi connectivity index (χ4n) is 4.49. The maximum Gasteiger partial charge on any atom is 0.284 e. The highest BCUT2D eigenvalue weighted by Gasteiger charge is 2.41. The molecule has 6 nitrogen and oxygen atoms in total. The average Bonchev–Trinajstić information content (AvgIpc) is 3.29. The first-order valence-corrected chi connectivity index (χ1v) is 9.44. The summed E-state index contributed by atoms with van der Waals surface area (Å²) in [6.45, 7) is 3.81. The van der Waals surface area contributed by atoms with Gasteiger partial charge in [-0.3, -0.25) is 9.59 Å². The predicted molar refractivity (Wildman–Crippen MR) is 102 cm³/mol. The summed E-state index contributed by atoms with van der Waals surface area (Å²) >= 11 is 0. The van der Waals surface area contributed by atoms with Gasteiger partial charge in [0.05, 0.1) is 0 Å². The zero-order valence-corrected chi connectivity index (χ0v) is 15.6. The standard InChI is InChI=1S/C21H25N3O3/c1-23-11-9-21(13-23)8-3-10-24(14-21)20(26)16-5-2-4-15(12-16)17-6-7-18(27-17)19(22)25/h2,4-7,12H,3,8-11,13-14H2,1H3,(H2,22,25). The first-order valence-electron chi connectivity index (χ1n) is 9.44. The third-order valence-corrected chi connectivity index (χ3v) is 5.82. The third-order valence-electron chi connectivity index (χ3n) is 5.82. The Morgan fingerprint density at radius 3 is 2.67 bits per heavy atom. The fourth-order valence-corrected chi connectivity index (χ4v) is 4.49. The van der Waals surface area contributed by atoms with E-state index in [4.69, 9.17) is 10.2 Å². The van der Waals surface area contributed by atoms with Gasteiger partial charge in [-0.25, -0.2) is 0 Å². The molecule has 1 aromatic carbocycles. The number of furan rings is 1. The SMILES string of the molecule is CN1CCC2(CCCN(C(=O)c3cccc(-c4ccc(C(N)=O)o4)c3)C2)C1. The minimum atomic E-state index is -0.603. The van der Waals surface area contributed by atoms with Crippen LogP contribution in [0.15, 0.2) is 40.8 Å². The van der Waals surface area contributed by atoms with Gasteiger partial charge >= 0.3 is 0 Å². The molecule has 0 bridgehead atoms. The van der Waals surface area contributed by atoms with Crippen molar-refractivity contribution >= 4 is 11.8 Å². The van der Waals surface area contributed by atoms with Gasteiger partial charge < -0.3 is 20.0 Å². The van der Waals surface area contributed by atoms with E-state index < -0.39 is 5.91 Å². The Morgan fingerprint density at radius 2 is 1.96 bits per heavy atom. The fraction of sp³-hybridized carbons (Fsp3) is 0.429. The quantitative estimate of drug-likeness (QED) is 0.904. The molecule has 0 aliphatic carbocycles. The molecule has 142 valence electrons. The van der Waals surface area contributed by atoms with E-state index in [1.165, 1.54) is 6.42 Å². The molecule has 2 N–H and O–H groups in total. The van der Waals surface area contributed by atoms with Crippen molar-refractivity contribution in [3.8, 4) is 11.3 Å². The van der Waals surface area contributed by atoms with Gasteiger partial charge in [-0.2, -0.15) is 0 Å². The van der Waals surface area contributed by atoms with Gasteiger partial charge in [0.2, 0.25) is 0 Å². The van der Waals surface area contributed by atoms with E-state index in [1.54, 1.807) is 12.1 Å². The highest BCUT2D eigenvalue weighted by Crippen LogP contribution is 2.38. The number of amides is 2. The second kappa shape index (κ2) is 6.85. The van der Waals surface area contributed by atoms with E-state index in [9.17, 15) is 9.59 Å². The molecule has 1 aromatic heterocycles. The van der Waals surface area contributed by atoms with Crippen LogP contribution in [0, 0.1) is 5.41 Å².